The highest BCUT2D eigenvalue weighted by atomic mass is 32.2. The molecule has 0 atom stereocenters. The molecule has 0 amide bonds. The van der Waals surface area contributed by atoms with Gasteiger partial charge in [0.2, 0.25) is 0 Å². The van der Waals surface area contributed by atoms with Crippen LogP contribution in [0.25, 0.3) is 10.9 Å². The van der Waals surface area contributed by atoms with Crippen LogP contribution in [0.4, 0.5) is 0 Å². The fourth-order valence-corrected chi connectivity index (χ4v) is 3.08. The Labute approximate surface area is 120 Å². The summed E-state index contributed by atoms with van der Waals surface area (Å²) in [5.74, 6) is 2.40. The summed E-state index contributed by atoms with van der Waals surface area (Å²) in [6.45, 7) is 4.43. The molecule has 0 aliphatic heterocycles. The van der Waals surface area contributed by atoms with E-state index in [1.165, 1.54) is 34.4 Å². The topological polar surface area (TPSA) is 17.0 Å². The van der Waals surface area contributed by atoms with Crippen molar-refractivity contribution in [1.82, 2.24) is 9.88 Å². The predicted octanol–water partition coefficient (Wildman–Crippen LogP) is 3.55. The second kappa shape index (κ2) is 7.61. The van der Waals surface area contributed by atoms with Gasteiger partial charge in [0.05, 0.1) is 0 Å². The molecule has 2 rings (SSSR count). The minimum atomic E-state index is 1.09. The van der Waals surface area contributed by atoms with Gasteiger partial charge in [0, 0.05) is 29.4 Å². The Morgan fingerprint density at radius 3 is 2.89 bits per heavy atom. The van der Waals surface area contributed by atoms with Crippen molar-refractivity contribution in [1.29, 1.82) is 0 Å². The third-order valence-corrected chi connectivity index (χ3v) is 4.30. The summed E-state index contributed by atoms with van der Waals surface area (Å²) in [4.78, 5) is 0. The van der Waals surface area contributed by atoms with Gasteiger partial charge in [0.1, 0.15) is 0 Å². The van der Waals surface area contributed by atoms with Crippen LogP contribution in [0.3, 0.4) is 0 Å². The molecule has 0 saturated heterocycles. The Hall–Kier alpha value is -0.930. The molecule has 0 unspecified atom stereocenters. The number of thioether (sulfide) groups is 1. The SMILES string of the molecule is CCSCCn1cc(CCCNC)c2ccccc21. The van der Waals surface area contributed by atoms with Gasteiger partial charge in [-0.3, -0.25) is 0 Å². The van der Waals surface area contributed by atoms with Gasteiger partial charge in [-0.1, -0.05) is 25.1 Å². The lowest BCUT2D eigenvalue weighted by Crippen LogP contribution is -2.08. The predicted molar refractivity (Wildman–Crippen MR) is 87.2 cm³/mol. The average Bonchev–Trinajstić information content (AvgIpc) is 2.79. The fourth-order valence-electron chi connectivity index (χ4n) is 2.47. The van der Waals surface area contributed by atoms with Crippen molar-refractivity contribution in [2.24, 2.45) is 0 Å². The molecule has 0 aliphatic rings. The maximum atomic E-state index is 3.22. The van der Waals surface area contributed by atoms with Gasteiger partial charge in [-0.15, -0.1) is 0 Å². The Bertz CT molecular complexity index is 460. The van der Waals surface area contributed by atoms with Crippen LogP contribution < -0.4 is 5.32 Å². The van der Waals surface area contributed by atoms with Crippen LogP contribution in [0.2, 0.25) is 0 Å². The molecule has 1 N–H and O–H groups in total. The molecule has 1 aromatic heterocycles. The normalized spacial score (nSPS) is 11.3. The van der Waals surface area contributed by atoms with Crippen molar-refractivity contribution in [2.75, 3.05) is 25.1 Å². The number of hydrogen-bond donors (Lipinski definition) is 1. The Balaban J connectivity index is 2.16. The molecular weight excluding hydrogens is 252 g/mol. The first-order valence-electron chi connectivity index (χ1n) is 7.16. The molecule has 0 aliphatic carbocycles. The van der Waals surface area contributed by atoms with Crippen LogP contribution in [-0.2, 0) is 13.0 Å². The van der Waals surface area contributed by atoms with Crippen molar-refractivity contribution in [3.63, 3.8) is 0 Å². The number of nitrogens with zero attached hydrogens (tertiary/aromatic N) is 1. The Kier molecular flexibility index (Phi) is 5.80. The zero-order valence-electron chi connectivity index (χ0n) is 12.0. The van der Waals surface area contributed by atoms with E-state index in [0.717, 1.165) is 19.5 Å². The van der Waals surface area contributed by atoms with Gasteiger partial charge in [-0.05, 0) is 43.8 Å². The van der Waals surface area contributed by atoms with E-state index >= 15 is 0 Å². The van der Waals surface area contributed by atoms with Gasteiger partial charge in [0.25, 0.3) is 0 Å². The zero-order chi connectivity index (χ0) is 13.5. The van der Waals surface area contributed by atoms with Crippen molar-refractivity contribution < 1.29 is 0 Å². The highest BCUT2D eigenvalue weighted by Crippen LogP contribution is 2.22. The molecule has 1 heterocycles. The molecule has 0 radical (unpaired) electrons. The first-order chi connectivity index (χ1) is 9.36. The van der Waals surface area contributed by atoms with Crippen LogP contribution >= 0.6 is 11.8 Å². The van der Waals surface area contributed by atoms with Crippen molar-refractivity contribution in [3.8, 4) is 0 Å². The van der Waals surface area contributed by atoms with Crippen LogP contribution in [-0.4, -0.2) is 29.7 Å². The minimum Gasteiger partial charge on any atom is -0.346 e. The van der Waals surface area contributed by atoms with Crippen LogP contribution in [0.1, 0.15) is 18.9 Å². The molecule has 1 aromatic carbocycles. The van der Waals surface area contributed by atoms with Gasteiger partial charge >= 0.3 is 0 Å². The molecule has 3 heteroatoms. The van der Waals surface area contributed by atoms with Crippen LogP contribution in [0, 0.1) is 0 Å². The van der Waals surface area contributed by atoms with E-state index in [9.17, 15) is 0 Å². The lowest BCUT2D eigenvalue weighted by atomic mass is 10.1. The molecule has 2 nitrogen and oxygen atoms in total. The summed E-state index contributed by atoms with van der Waals surface area (Å²) in [5.41, 5.74) is 2.88. The second-order valence-electron chi connectivity index (χ2n) is 4.77. The quantitative estimate of drug-likeness (QED) is 0.743. The number of nitrogens with one attached hydrogen (secondary N) is 1. The lowest BCUT2D eigenvalue weighted by Gasteiger charge is -2.03. The maximum Gasteiger partial charge on any atom is 0.0483 e. The van der Waals surface area contributed by atoms with Crippen molar-refractivity contribution in [3.05, 3.63) is 36.0 Å². The molecule has 19 heavy (non-hydrogen) atoms. The van der Waals surface area contributed by atoms with E-state index in [-0.39, 0.29) is 0 Å². The van der Waals surface area contributed by atoms with Crippen LogP contribution in [0.5, 0.6) is 0 Å². The third-order valence-electron chi connectivity index (χ3n) is 3.42. The molecule has 0 fully saturated rings. The largest absolute Gasteiger partial charge is 0.346 e. The highest BCUT2D eigenvalue weighted by molar-refractivity contribution is 7.99. The number of benzene rings is 1. The first-order valence-corrected chi connectivity index (χ1v) is 8.31. The number of para-hydroxylation sites is 1. The highest BCUT2D eigenvalue weighted by Gasteiger charge is 2.07. The summed E-state index contributed by atoms with van der Waals surface area (Å²) in [6, 6.07) is 8.79. The van der Waals surface area contributed by atoms with Gasteiger partial charge in [0.15, 0.2) is 0 Å². The molecule has 104 valence electrons. The fraction of sp³-hybridized carbons (Fsp3) is 0.500. The summed E-state index contributed by atoms with van der Waals surface area (Å²) in [6.07, 6.45) is 4.72. The third kappa shape index (κ3) is 3.77. The standard InChI is InChI=1S/C16H24N2S/c1-3-19-12-11-18-13-14(7-6-10-17-2)15-8-4-5-9-16(15)18/h4-5,8-9,13,17H,3,6-7,10-12H2,1-2H3. The molecular formula is C16H24N2S. The van der Waals surface area contributed by atoms with Crippen LogP contribution in [0.15, 0.2) is 30.5 Å². The Morgan fingerprint density at radius 1 is 1.26 bits per heavy atom. The summed E-state index contributed by atoms with van der Waals surface area (Å²) in [5, 5.41) is 4.66. The smallest absolute Gasteiger partial charge is 0.0483 e. The van der Waals surface area contributed by atoms with E-state index in [0.29, 0.717) is 0 Å². The van der Waals surface area contributed by atoms with E-state index in [1.807, 2.05) is 18.8 Å². The summed E-state index contributed by atoms with van der Waals surface area (Å²) < 4.78 is 2.42. The lowest BCUT2D eigenvalue weighted by molar-refractivity contribution is 0.722. The number of hydrogen-bond acceptors (Lipinski definition) is 2. The molecule has 0 saturated carbocycles. The number of rotatable bonds is 8. The van der Waals surface area contributed by atoms with Gasteiger partial charge < -0.3 is 9.88 Å². The van der Waals surface area contributed by atoms with E-state index < -0.39 is 0 Å². The van der Waals surface area contributed by atoms with Gasteiger partial charge in [-0.25, -0.2) is 0 Å². The van der Waals surface area contributed by atoms with Crippen molar-refractivity contribution in [2.45, 2.75) is 26.3 Å². The summed E-state index contributed by atoms with van der Waals surface area (Å²) in [7, 11) is 2.02. The molecule has 2 aromatic rings. The maximum absolute atomic E-state index is 3.22. The minimum absolute atomic E-state index is 1.09. The van der Waals surface area contributed by atoms with E-state index in [1.54, 1.807) is 0 Å². The first kappa shape index (κ1) is 14.5. The second-order valence-corrected chi connectivity index (χ2v) is 6.16. The molecule has 0 spiro atoms. The van der Waals surface area contributed by atoms with E-state index in [4.69, 9.17) is 0 Å². The monoisotopic (exact) mass is 276 g/mol. The zero-order valence-corrected chi connectivity index (χ0v) is 12.8. The van der Waals surface area contributed by atoms with Gasteiger partial charge in [-0.2, -0.15) is 11.8 Å². The van der Waals surface area contributed by atoms with Crippen molar-refractivity contribution >= 4 is 22.7 Å². The number of fused-ring (bicyclic) bond motifs is 1. The number of aromatic nitrogens is 1. The Morgan fingerprint density at radius 2 is 2.11 bits per heavy atom. The number of aryl methyl sites for hydroxylation is 2. The van der Waals surface area contributed by atoms with E-state index in [2.05, 4.69) is 47.3 Å². The molecule has 0 bridgehead atoms. The average molecular weight is 276 g/mol. The summed E-state index contributed by atoms with van der Waals surface area (Å²) >= 11 is 2.01.